The molecule has 0 atom stereocenters. The van der Waals surface area contributed by atoms with Crippen LogP contribution in [0.25, 0.3) is 0 Å². The Labute approximate surface area is 131 Å². The first-order valence-electron chi connectivity index (χ1n) is 7.74. The number of thiazole rings is 1. The number of nitrogens with zero attached hydrogens (tertiary/aromatic N) is 2. The first-order valence-corrected chi connectivity index (χ1v) is 8.62. The van der Waals surface area contributed by atoms with Gasteiger partial charge in [-0.3, -0.25) is 9.69 Å². The Bertz CT molecular complexity index is 441. The molecule has 0 spiro atoms. The molecule has 0 unspecified atom stereocenters. The number of carbonyl (C=O) groups excluding carboxylic acids is 1. The molecule has 0 bridgehead atoms. The number of likely N-dealkylation sites (tertiary alicyclic amines) is 1. The van der Waals surface area contributed by atoms with E-state index in [2.05, 4.69) is 25.9 Å². The number of hydrogen-bond donors (Lipinski definition) is 2. The Kier molecular flexibility index (Phi) is 6.60. The summed E-state index contributed by atoms with van der Waals surface area (Å²) in [6.45, 7) is 6.67. The van der Waals surface area contributed by atoms with Gasteiger partial charge in [0.1, 0.15) is 0 Å². The molecule has 1 saturated heterocycles. The SMILES string of the molecule is CNCCCNC(=O)C1CCN(Cc2csc(C)n2)CC1. The van der Waals surface area contributed by atoms with Gasteiger partial charge < -0.3 is 10.6 Å². The van der Waals surface area contributed by atoms with Crippen molar-refractivity contribution in [3.8, 4) is 0 Å². The van der Waals surface area contributed by atoms with Crippen LogP contribution in [-0.2, 0) is 11.3 Å². The quantitative estimate of drug-likeness (QED) is 0.747. The molecule has 0 aliphatic carbocycles. The molecular formula is C15H26N4OS. The number of aryl methyl sites for hydroxylation is 1. The Morgan fingerprint density at radius 1 is 1.43 bits per heavy atom. The highest BCUT2D eigenvalue weighted by Crippen LogP contribution is 2.19. The van der Waals surface area contributed by atoms with E-state index in [1.165, 1.54) is 0 Å². The molecule has 6 heteroatoms. The second-order valence-corrected chi connectivity index (χ2v) is 6.72. The smallest absolute Gasteiger partial charge is 0.223 e. The van der Waals surface area contributed by atoms with Crippen molar-refractivity contribution >= 4 is 17.2 Å². The number of aromatic nitrogens is 1. The molecule has 118 valence electrons. The van der Waals surface area contributed by atoms with Gasteiger partial charge in [-0.15, -0.1) is 11.3 Å². The van der Waals surface area contributed by atoms with Crippen molar-refractivity contribution in [1.29, 1.82) is 0 Å². The van der Waals surface area contributed by atoms with E-state index < -0.39 is 0 Å². The van der Waals surface area contributed by atoms with Gasteiger partial charge in [0.15, 0.2) is 0 Å². The average Bonchev–Trinajstić information content (AvgIpc) is 2.89. The maximum absolute atomic E-state index is 12.1. The summed E-state index contributed by atoms with van der Waals surface area (Å²) in [5, 5.41) is 9.40. The first-order chi connectivity index (χ1) is 10.2. The van der Waals surface area contributed by atoms with Crippen LogP contribution in [0.5, 0.6) is 0 Å². The monoisotopic (exact) mass is 310 g/mol. The van der Waals surface area contributed by atoms with E-state index in [1.54, 1.807) is 11.3 Å². The zero-order chi connectivity index (χ0) is 15.1. The first kappa shape index (κ1) is 16.4. The van der Waals surface area contributed by atoms with Gasteiger partial charge in [-0.05, 0) is 52.9 Å². The van der Waals surface area contributed by atoms with E-state index >= 15 is 0 Å². The number of nitrogens with one attached hydrogen (secondary N) is 2. The fourth-order valence-corrected chi connectivity index (χ4v) is 3.29. The second-order valence-electron chi connectivity index (χ2n) is 5.66. The van der Waals surface area contributed by atoms with Crippen molar-refractivity contribution < 1.29 is 4.79 Å². The zero-order valence-corrected chi connectivity index (χ0v) is 13.8. The maximum atomic E-state index is 12.1. The summed E-state index contributed by atoms with van der Waals surface area (Å²) in [6.07, 6.45) is 2.91. The summed E-state index contributed by atoms with van der Waals surface area (Å²) < 4.78 is 0. The molecule has 2 rings (SSSR count). The molecule has 2 N–H and O–H groups in total. The molecule has 5 nitrogen and oxygen atoms in total. The molecule has 1 aliphatic heterocycles. The lowest BCUT2D eigenvalue weighted by Crippen LogP contribution is -2.40. The fraction of sp³-hybridized carbons (Fsp3) is 0.733. The standard InChI is InChI=1S/C15H26N4OS/c1-12-18-14(11-21-12)10-19-8-4-13(5-9-19)15(20)17-7-3-6-16-2/h11,13,16H,3-10H2,1-2H3,(H,17,20). The molecular weight excluding hydrogens is 284 g/mol. The van der Waals surface area contributed by atoms with Gasteiger partial charge >= 0.3 is 0 Å². The van der Waals surface area contributed by atoms with E-state index in [0.717, 1.165) is 62.7 Å². The van der Waals surface area contributed by atoms with E-state index in [0.29, 0.717) is 0 Å². The number of hydrogen-bond acceptors (Lipinski definition) is 5. The molecule has 1 aromatic heterocycles. The molecule has 2 heterocycles. The van der Waals surface area contributed by atoms with Crippen molar-refractivity contribution in [2.75, 3.05) is 33.2 Å². The van der Waals surface area contributed by atoms with Crippen LogP contribution in [0.2, 0.25) is 0 Å². The predicted molar refractivity (Wildman–Crippen MR) is 86.4 cm³/mol. The lowest BCUT2D eigenvalue weighted by molar-refractivity contribution is -0.126. The minimum Gasteiger partial charge on any atom is -0.356 e. The maximum Gasteiger partial charge on any atom is 0.223 e. The summed E-state index contributed by atoms with van der Waals surface area (Å²) >= 11 is 1.70. The highest BCUT2D eigenvalue weighted by atomic mass is 32.1. The zero-order valence-electron chi connectivity index (χ0n) is 13.0. The van der Waals surface area contributed by atoms with E-state index in [-0.39, 0.29) is 11.8 Å². The topological polar surface area (TPSA) is 57.3 Å². The molecule has 0 radical (unpaired) electrons. The van der Waals surface area contributed by atoms with Gasteiger partial charge in [-0.1, -0.05) is 0 Å². The summed E-state index contributed by atoms with van der Waals surface area (Å²) in [7, 11) is 1.93. The van der Waals surface area contributed by atoms with E-state index in [9.17, 15) is 4.79 Å². The second kappa shape index (κ2) is 8.46. The highest BCUT2D eigenvalue weighted by molar-refractivity contribution is 7.09. The van der Waals surface area contributed by atoms with Crippen LogP contribution >= 0.6 is 11.3 Å². The summed E-state index contributed by atoms with van der Waals surface area (Å²) in [4.78, 5) is 19.0. The van der Waals surface area contributed by atoms with Gasteiger partial charge in [-0.2, -0.15) is 0 Å². The van der Waals surface area contributed by atoms with Crippen molar-refractivity contribution in [3.05, 3.63) is 16.1 Å². The number of amides is 1. The molecule has 0 aromatic carbocycles. The third-order valence-corrected chi connectivity index (χ3v) is 4.74. The fourth-order valence-electron chi connectivity index (χ4n) is 2.68. The minimum atomic E-state index is 0.188. The van der Waals surface area contributed by atoms with Gasteiger partial charge in [0, 0.05) is 24.4 Å². The molecule has 1 aromatic rings. The molecule has 1 amide bonds. The van der Waals surface area contributed by atoms with Crippen LogP contribution < -0.4 is 10.6 Å². The molecule has 21 heavy (non-hydrogen) atoms. The Morgan fingerprint density at radius 2 is 2.19 bits per heavy atom. The van der Waals surface area contributed by atoms with E-state index in [4.69, 9.17) is 0 Å². The Hall–Kier alpha value is -0.980. The third kappa shape index (κ3) is 5.37. The summed E-state index contributed by atoms with van der Waals surface area (Å²) in [5.41, 5.74) is 1.16. The van der Waals surface area contributed by atoms with Gasteiger partial charge in [0.2, 0.25) is 5.91 Å². The van der Waals surface area contributed by atoms with Crippen LogP contribution in [0.15, 0.2) is 5.38 Å². The normalized spacial score (nSPS) is 17.0. The lowest BCUT2D eigenvalue weighted by Gasteiger charge is -2.30. The van der Waals surface area contributed by atoms with Gasteiger partial charge in [-0.25, -0.2) is 4.98 Å². The number of rotatable bonds is 7. The number of piperidine rings is 1. The highest BCUT2D eigenvalue weighted by Gasteiger charge is 2.24. The van der Waals surface area contributed by atoms with Gasteiger partial charge in [0.05, 0.1) is 10.7 Å². The van der Waals surface area contributed by atoms with Crippen LogP contribution in [0, 0.1) is 12.8 Å². The van der Waals surface area contributed by atoms with E-state index in [1.807, 2.05) is 14.0 Å². The van der Waals surface area contributed by atoms with Crippen molar-refractivity contribution in [2.45, 2.75) is 32.7 Å². The largest absolute Gasteiger partial charge is 0.356 e. The van der Waals surface area contributed by atoms with Gasteiger partial charge in [0.25, 0.3) is 0 Å². The summed E-state index contributed by atoms with van der Waals surface area (Å²) in [6, 6.07) is 0. The molecule has 1 fully saturated rings. The third-order valence-electron chi connectivity index (χ3n) is 3.91. The van der Waals surface area contributed by atoms with Crippen LogP contribution in [0.4, 0.5) is 0 Å². The van der Waals surface area contributed by atoms with Crippen LogP contribution in [0.3, 0.4) is 0 Å². The lowest BCUT2D eigenvalue weighted by atomic mass is 9.96. The van der Waals surface area contributed by atoms with Crippen molar-refractivity contribution in [2.24, 2.45) is 5.92 Å². The average molecular weight is 310 g/mol. The summed E-state index contributed by atoms with van der Waals surface area (Å²) in [5.74, 6) is 0.420. The molecule has 1 aliphatic rings. The Balaban J connectivity index is 1.66. The van der Waals surface area contributed by atoms with Crippen molar-refractivity contribution in [3.63, 3.8) is 0 Å². The number of carbonyl (C=O) groups is 1. The van der Waals surface area contributed by atoms with Crippen LogP contribution in [0.1, 0.15) is 30.0 Å². The van der Waals surface area contributed by atoms with Crippen molar-refractivity contribution in [1.82, 2.24) is 20.5 Å². The Morgan fingerprint density at radius 3 is 2.81 bits per heavy atom. The minimum absolute atomic E-state index is 0.188. The van der Waals surface area contributed by atoms with Crippen LogP contribution in [-0.4, -0.2) is 49.0 Å². The predicted octanol–water partition coefficient (Wildman–Crippen LogP) is 1.39. The molecule has 0 saturated carbocycles.